The molecule has 2 aromatic rings. The summed E-state index contributed by atoms with van der Waals surface area (Å²) in [6.07, 6.45) is -5.56. The highest BCUT2D eigenvalue weighted by Gasteiger charge is 2.46. The molecule has 2 aromatic carbocycles. The van der Waals surface area contributed by atoms with E-state index in [-0.39, 0.29) is 49.6 Å². The van der Waals surface area contributed by atoms with E-state index in [1.165, 1.54) is 35.5 Å². The number of fused-ring (bicyclic) bond motifs is 2. The van der Waals surface area contributed by atoms with Crippen LogP contribution in [0.2, 0.25) is 0 Å². The van der Waals surface area contributed by atoms with Crippen LogP contribution in [0.15, 0.2) is 42.5 Å². The fourth-order valence-electron chi connectivity index (χ4n) is 7.90. The summed E-state index contributed by atoms with van der Waals surface area (Å²) in [6.45, 7) is 8.18. The van der Waals surface area contributed by atoms with Gasteiger partial charge in [0.05, 0.1) is 5.56 Å². The zero-order valence-electron chi connectivity index (χ0n) is 34.3. The van der Waals surface area contributed by atoms with Crippen LogP contribution in [0.4, 0.5) is 32.4 Å². The summed E-state index contributed by atoms with van der Waals surface area (Å²) in [5.41, 5.74) is -1.20. The molecule has 4 N–H and O–H groups in total. The number of amides is 7. The summed E-state index contributed by atoms with van der Waals surface area (Å²) < 4.78 is 73.9. The maximum absolute atomic E-state index is 14.7. The van der Waals surface area contributed by atoms with Gasteiger partial charge in [-0.1, -0.05) is 13.8 Å². The Bertz CT molecular complexity index is 1980. The van der Waals surface area contributed by atoms with Gasteiger partial charge in [0.25, 0.3) is 0 Å². The molecule has 0 unspecified atom stereocenters. The molecule has 0 saturated carbocycles. The van der Waals surface area contributed by atoms with Crippen LogP contribution in [0.1, 0.15) is 71.4 Å². The lowest BCUT2D eigenvalue weighted by molar-refractivity contribution is -0.163. The number of urea groups is 1. The van der Waals surface area contributed by atoms with Crippen LogP contribution in [-0.4, -0.2) is 118 Å². The molecule has 0 aromatic heterocycles. The van der Waals surface area contributed by atoms with Gasteiger partial charge in [0.1, 0.15) is 54.0 Å². The molecule has 0 aliphatic carbocycles. The normalized spacial score (nSPS) is 26.0. The molecule has 20 heteroatoms. The number of hydrogen-bond donors (Lipinski definition) is 4. The van der Waals surface area contributed by atoms with Crippen molar-refractivity contribution in [1.82, 2.24) is 30.7 Å². The van der Waals surface area contributed by atoms with Crippen LogP contribution in [0.3, 0.4) is 0 Å². The van der Waals surface area contributed by atoms with Crippen LogP contribution in [-0.2, 0) is 46.1 Å². The van der Waals surface area contributed by atoms with Gasteiger partial charge in [-0.05, 0) is 94.3 Å². The zero-order valence-corrected chi connectivity index (χ0v) is 34.3. The number of hydrogen-bond acceptors (Lipinski definition) is 8. The Morgan fingerprint density at radius 3 is 2.18 bits per heavy atom. The second kappa shape index (κ2) is 19.3. The highest BCUT2D eigenvalue weighted by Crippen LogP contribution is 2.30. The Balaban J connectivity index is 1.50. The minimum absolute atomic E-state index is 0.0298. The van der Waals surface area contributed by atoms with Crippen molar-refractivity contribution in [3.8, 4) is 0 Å². The second-order valence-corrected chi connectivity index (χ2v) is 15.8. The van der Waals surface area contributed by atoms with Crippen molar-refractivity contribution in [3.05, 3.63) is 65.2 Å². The minimum Gasteiger partial charge on any atom is -0.458 e. The molecule has 61 heavy (non-hydrogen) atoms. The molecule has 0 spiro atoms. The maximum atomic E-state index is 14.7. The van der Waals surface area contributed by atoms with Crippen LogP contribution in [0, 0.1) is 17.6 Å². The summed E-state index contributed by atoms with van der Waals surface area (Å²) in [5.74, 6) is -6.86. The van der Waals surface area contributed by atoms with Crippen molar-refractivity contribution < 1.29 is 60.3 Å². The highest BCUT2D eigenvalue weighted by atomic mass is 19.4. The molecule has 3 heterocycles. The van der Waals surface area contributed by atoms with Gasteiger partial charge in [-0.2, -0.15) is 13.2 Å². The first-order valence-corrected chi connectivity index (χ1v) is 20.1. The van der Waals surface area contributed by atoms with Crippen molar-refractivity contribution in [2.24, 2.45) is 5.92 Å². The van der Waals surface area contributed by atoms with E-state index >= 15 is 0 Å². The lowest BCUT2D eigenvalue weighted by Gasteiger charge is -2.37. The average Bonchev–Trinajstić information content (AvgIpc) is 3.84. The lowest BCUT2D eigenvalue weighted by Crippen LogP contribution is -2.62. The number of cyclic esters (lactones) is 1. The van der Waals surface area contributed by atoms with Gasteiger partial charge in [0.2, 0.25) is 29.5 Å². The van der Waals surface area contributed by atoms with Crippen molar-refractivity contribution in [2.75, 3.05) is 25.0 Å². The Kier molecular flexibility index (Phi) is 14.6. The van der Waals surface area contributed by atoms with E-state index in [0.717, 1.165) is 36.4 Å². The lowest BCUT2D eigenvalue weighted by atomic mass is 10.0. The first kappa shape index (κ1) is 46.2. The number of halogens is 5. The summed E-state index contributed by atoms with van der Waals surface area (Å²) in [5, 5.41) is 9.83. The van der Waals surface area contributed by atoms with Crippen LogP contribution < -0.4 is 21.3 Å². The topological polar surface area (TPSA) is 187 Å². The van der Waals surface area contributed by atoms with Crippen molar-refractivity contribution >= 4 is 47.2 Å². The van der Waals surface area contributed by atoms with Crippen LogP contribution in [0.5, 0.6) is 0 Å². The van der Waals surface area contributed by atoms with Crippen LogP contribution >= 0.6 is 0 Å². The fourth-order valence-corrected chi connectivity index (χ4v) is 7.90. The molecule has 8 atom stereocenters. The third-order valence-corrected chi connectivity index (χ3v) is 11.0. The third-order valence-electron chi connectivity index (χ3n) is 11.0. The molecular weight excluding hydrogens is 813 g/mol. The van der Waals surface area contributed by atoms with E-state index in [1.807, 2.05) is 6.92 Å². The quantitative estimate of drug-likeness (QED) is 0.230. The Morgan fingerprint density at radius 2 is 1.56 bits per heavy atom. The predicted octanol–water partition coefficient (Wildman–Crippen LogP) is 3.51. The van der Waals surface area contributed by atoms with E-state index in [1.54, 1.807) is 6.92 Å². The molecule has 332 valence electrons. The number of anilines is 1. The van der Waals surface area contributed by atoms with E-state index < -0.39 is 114 Å². The van der Waals surface area contributed by atoms with Crippen molar-refractivity contribution in [2.45, 2.75) is 115 Å². The van der Waals surface area contributed by atoms with Gasteiger partial charge in [0, 0.05) is 37.8 Å². The van der Waals surface area contributed by atoms with Crippen molar-refractivity contribution in [3.63, 3.8) is 0 Å². The summed E-state index contributed by atoms with van der Waals surface area (Å²) in [4.78, 5) is 101. The molecule has 0 radical (unpaired) electrons. The molecule has 0 bridgehead atoms. The molecule has 3 aliphatic rings. The maximum Gasteiger partial charge on any atom is 0.416 e. The van der Waals surface area contributed by atoms with Gasteiger partial charge in [-0.3, -0.25) is 24.0 Å². The third kappa shape index (κ3) is 11.1. The number of ether oxygens (including phenoxy) is 1. The van der Waals surface area contributed by atoms with Crippen molar-refractivity contribution in [1.29, 1.82) is 0 Å². The van der Waals surface area contributed by atoms with Gasteiger partial charge >= 0.3 is 18.2 Å². The Hall–Kier alpha value is -5.82. The number of carbonyl (C=O) groups is 7. The molecular formula is C41H50F5N7O8. The van der Waals surface area contributed by atoms with Crippen LogP contribution in [0.25, 0.3) is 0 Å². The Labute approximate surface area is 349 Å². The SMILES string of the molecule is CCCN1C(=O)[C@@H]2CCCN2C(=O)[C@@H](NC(=O)[C@H](Cc2cc(F)cc(F)c2)NC(=O)Nc2ccc(C(F)(F)F)cc2)[C@H](C)OC(=O)[C@@H]2C[C@@H](C)CN2C(=O)[C@H](C)NC(=O)[C@@H]1C. The van der Waals surface area contributed by atoms with E-state index in [0.29, 0.717) is 18.9 Å². The monoisotopic (exact) mass is 863 g/mol. The van der Waals surface area contributed by atoms with Gasteiger partial charge in [-0.25, -0.2) is 18.4 Å². The van der Waals surface area contributed by atoms with E-state index in [4.69, 9.17) is 4.74 Å². The summed E-state index contributed by atoms with van der Waals surface area (Å²) >= 11 is 0. The second-order valence-electron chi connectivity index (χ2n) is 15.8. The smallest absolute Gasteiger partial charge is 0.416 e. The average molecular weight is 864 g/mol. The fraction of sp³-hybridized carbons (Fsp3) is 0.537. The van der Waals surface area contributed by atoms with E-state index in [2.05, 4.69) is 21.3 Å². The van der Waals surface area contributed by atoms with Gasteiger partial charge < -0.3 is 40.7 Å². The molecule has 3 fully saturated rings. The van der Waals surface area contributed by atoms with E-state index in [9.17, 15) is 55.5 Å². The number of rotatable bonds is 8. The standard InChI is InChI=1S/C41H50F5N7O8/c1-6-13-51-23(4)34(54)47-22(3)36(56)53-20-21(2)15-32(53)39(59)61-24(5)33(38(58)52-14-7-8-31(52)37(51)57)50-35(55)30(18-25-16-27(42)19-28(43)17-25)49-40(60)48-29-11-9-26(10-12-29)41(44,45)46/h9-12,16-17,19,21-24,30-33H,6-8,13-15,18,20H2,1-5H3,(H,47,54)(H,50,55)(H2,48,49,60)/t21-,22+,23+,24+,30+,31+,32+,33+/m1/s1. The molecule has 7 amide bonds. The first-order valence-electron chi connectivity index (χ1n) is 20.1. The highest BCUT2D eigenvalue weighted by molar-refractivity contribution is 5.98. The minimum atomic E-state index is -4.66. The first-order chi connectivity index (χ1) is 28.7. The molecule has 5 rings (SSSR count). The zero-order chi connectivity index (χ0) is 44.9. The predicted molar refractivity (Wildman–Crippen MR) is 208 cm³/mol. The summed E-state index contributed by atoms with van der Waals surface area (Å²) in [6, 6.07) is -3.23. The largest absolute Gasteiger partial charge is 0.458 e. The number of nitrogens with one attached hydrogen (secondary N) is 4. The number of nitrogens with zero attached hydrogens (tertiary/aromatic N) is 3. The summed E-state index contributed by atoms with van der Waals surface area (Å²) in [7, 11) is 0. The van der Waals surface area contributed by atoms with Gasteiger partial charge in [-0.15, -0.1) is 0 Å². The number of carbonyl (C=O) groups excluding carboxylic acids is 7. The van der Waals surface area contributed by atoms with Gasteiger partial charge in [0.15, 0.2) is 0 Å². The molecule has 3 saturated heterocycles. The number of alkyl halides is 3. The number of esters is 1. The number of benzene rings is 2. The Morgan fingerprint density at radius 1 is 0.902 bits per heavy atom. The molecule has 15 nitrogen and oxygen atoms in total. The molecule has 3 aliphatic heterocycles.